The minimum atomic E-state index is 0.0438. The molecule has 38 heavy (non-hydrogen) atoms. The minimum absolute atomic E-state index is 0.0438. The Labute approximate surface area is 224 Å². The number of hydrogen-bond donors (Lipinski definition) is 0. The zero-order valence-corrected chi connectivity index (χ0v) is 24.0. The van der Waals surface area contributed by atoms with Crippen molar-refractivity contribution in [3.63, 3.8) is 0 Å². The third-order valence-electron chi connectivity index (χ3n) is 8.58. The quantitative estimate of drug-likeness (QED) is 0.121. The summed E-state index contributed by atoms with van der Waals surface area (Å²) in [4.78, 5) is 0. The summed E-state index contributed by atoms with van der Waals surface area (Å²) in [6, 6.07) is 23.0. The maximum Gasteiger partial charge on any atom is 0.224 e. The van der Waals surface area contributed by atoms with E-state index < -0.39 is 0 Å². The Morgan fingerprint density at radius 1 is 0.711 bits per heavy atom. The third kappa shape index (κ3) is 3.04. The minimum Gasteiger partial charge on any atom is -0.307 e. The van der Waals surface area contributed by atoms with Crippen LogP contribution in [0.1, 0.15) is 58.2 Å². The second kappa shape index (κ2) is 7.47. The van der Waals surface area contributed by atoms with Gasteiger partial charge in [-0.3, -0.25) is 0 Å². The highest BCUT2D eigenvalue weighted by atomic mass is 15.0. The molecular weight excluding hydrogens is 460 g/mol. The lowest BCUT2D eigenvalue weighted by molar-refractivity contribution is -0.643. The van der Waals surface area contributed by atoms with Gasteiger partial charge in [0.2, 0.25) is 5.52 Å². The Morgan fingerprint density at radius 2 is 1.45 bits per heavy atom. The number of aromatic nitrogens is 2. The molecule has 0 bridgehead atoms. The lowest BCUT2D eigenvalue weighted by Gasteiger charge is -2.24. The second-order valence-electron chi connectivity index (χ2n) is 13.6. The summed E-state index contributed by atoms with van der Waals surface area (Å²) in [5.74, 6) is 0. The smallest absolute Gasteiger partial charge is 0.224 e. The first-order valence-corrected chi connectivity index (χ1v) is 13.9. The molecule has 0 atom stereocenters. The number of fused-ring (bicyclic) bond motifs is 7. The normalized spacial score (nSPS) is 13.4. The maximum atomic E-state index is 2.64. The van der Waals surface area contributed by atoms with Gasteiger partial charge in [-0.1, -0.05) is 90.1 Å². The van der Waals surface area contributed by atoms with Crippen LogP contribution in [0.25, 0.3) is 59.8 Å². The molecule has 0 saturated heterocycles. The second-order valence-corrected chi connectivity index (χ2v) is 13.6. The SMILES string of the molecule is Cc1c2ccccc2c(CC(C)(C)C)c2c1c1c3c(ccc4c5c(C(C)(C)C)cccc5n2c43)cc[n+]1C. The molecule has 0 aliphatic heterocycles. The van der Waals surface area contributed by atoms with Gasteiger partial charge in [-0.05, 0) is 63.1 Å². The van der Waals surface area contributed by atoms with Crippen molar-refractivity contribution in [3.8, 4) is 0 Å². The van der Waals surface area contributed by atoms with E-state index in [1.165, 1.54) is 76.5 Å². The van der Waals surface area contributed by atoms with Gasteiger partial charge in [0, 0.05) is 16.8 Å². The predicted octanol–water partition coefficient (Wildman–Crippen LogP) is 9.16. The first-order valence-electron chi connectivity index (χ1n) is 13.9. The molecule has 3 heterocycles. The zero-order valence-electron chi connectivity index (χ0n) is 24.0. The van der Waals surface area contributed by atoms with E-state index in [0.29, 0.717) is 0 Å². The van der Waals surface area contributed by atoms with Crippen LogP contribution in [0.3, 0.4) is 0 Å². The molecular formula is C36H37N2+. The standard InChI is InChI=1S/C36H37N2/c1-21-23-12-9-10-13-24(23)26(20-35(2,3)4)33-29(21)34-30-22(18-19-37(34)8)16-17-25-31-27(36(5,6)7)14-11-15-28(31)38(33)32(25)30/h9-19H,20H2,1-8H3/q+1. The summed E-state index contributed by atoms with van der Waals surface area (Å²) in [7, 11) is 2.22. The Hall–Kier alpha value is -3.65. The van der Waals surface area contributed by atoms with E-state index in [0.717, 1.165) is 6.42 Å². The van der Waals surface area contributed by atoms with Crippen molar-refractivity contribution >= 4 is 59.8 Å². The van der Waals surface area contributed by atoms with E-state index in [4.69, 9.17) is 0 Å². The molecule has 190 valence electrons. The number of aryl methyl sites for hydroxylation is 2. The van der Waals surface area contributed by atoms with Gasteiger partial charge in [0.15, 0.2) is 6.20 Å². The van der Waals surface area contributed by atoms with Crippen molar-refractivity contribution in [1.82, 2.24) is 4.40 Å². The van der Waals surface area contributed by atoms with Crippen molar-refractivity contribution < 1.29 is 4.57 Å². The average molecular weight is 498 g/mol. The highest BCUT2D eigenvalue weighted by molar-refractivity contribution is 6.29. The first-order chi connectivity index (χ1) is 18.0. The highest BCUT2D eigenvalue weighted by Crippen LogP contribution is 2.46. The molecule has 0 aliphatic rings. The zero-order chi connectivity index (χ0) is 26.7. The average Bonchev–Trinajstić information content (AvgIpc) is 3.20. The summed E-state index contributed by atoms with van der Waals surface area (Å²) in [5.41, 5.74) is 9.84. The van der Waals surface area contributed by atoms with E-state index in [1.54, 1.807) is 0 Å². The molecule has 0 unspecified atom stereocenters. The number of benzene rings is 4. The molecule has 0 radical (unpaired) electrons. The van der Waals surface area contributed by atoms with Crippen LogP contribution < -0.4 is 4.57 Å². The molecule has 4 aromatic carbocycles. The summed E-state index contributed by atoms with van der Waals surface area (Å²) >= 11 is 0. The van der Waals surface area contributed by atoms with Crippen LogP contribution in [0.4, 0.5) is 0 Å². The monoisotopic (exact) mass is 497 g/mol. The predicted molar refractivity (Wildman–Crippen MR) is 164 cm³/mol. The van der Waals surface area contributed by atoms with E-state index in [1.807, 2.05) is 0 Å². The number of nitrogens with zero attached hydrogens (tertiary/aromatic N) is 2. The van der Waals surface area contributed by atoms with Crippen LogP contribution in [0.15, 0.2) is 66.9 Å². The molecule has 0 aliphatic carbocycles. The fourth-order valence-electron chi connectivity index (χ4n) is 7.07. The van der Waals surface area contributed by atoms with Crippen LogP contribution >= 0.6 is 0 Å². The first kappa shape index (κ1) is 23.5. The van der Waals surface area contributed by atoms with E-state index >= 15 is 0 Å². The molecule has 0 spiro atoms. The fourth-order valence-corrected chi connectivity index (χ4v) is 7.07. The van der Waals surface area contributed by atoms with Crippen molar-refractivity contribution in [3.05, 3.63) is 83.6 Å². The fraction of sp³-hybridized carbons (Fsp3) is 0.306. The van der Waals surface area contributed by atoms with E-state index in [-0.39, 0.29) is 10.8 Å². The van der Waals surface area contributed by atoms with Crippen LogP contribution in [-0.2, 0) is 18.9 Å². The highest BCUT2D eigenvalue weighted by Gasteiger charge is 2.30. The van der Waals surface area contributed by atoms with Crippen LogP contribution in [0.5, 0.6) is 0 Å². The molecule has 7 aromatic rings. The number of hydrogen-bond acceptors (Lipinski definition) is 0. The van der Waals surface area contributed by atoms with Crippen LogP contribution in [0.2, 0.25) is 0 Å². The summed E-state index contributed by atoms with van der Waals surface area (Å²) in [5, 5.41) is 9.58. The number of pyridine rings is 2. The number of rotatable bonds is 1. The van der Waals surface area contributed by atoms with Crippen molar-refractivity contribution in [2.75, 3.05) is 0 Å². The molecule has 0 amide bonds. The van der Waals surface area contributed by atoms with Gasteiger partial charge in [0.1, 0.15) is 7.05 Å². The van der Waals surface area contributed by atoms with E-state index in [9.17, 15) is 0 Å². The van der Waals surface area contributed by atoms with Crippen molar-refractivity contribution in [1.29, 1.82) is 0 Å². The van der Waals surface area contributed by atoms with Gasteiger partial charge in [-0.15, -0.1) is 0 Å². The molecule has 0 N–H and O–H groups in total. The maximum absolute atomic E-state index is 2.64. The topological polar surface area (TPSA) is 8.29 Å². The van der Waals surface area contributed by atoms with Gasteiger partial charge in [-0.2, -0.15) is 0 Å². The largest absolute Gasteiger partial charge is 0.307 e. The summed E-state index contributed by atoms with van der Waals surface area (Å²) in [6.45, 7) is 16.5. The third-order valence-corrected chi connectivity index (χ3v) is 8.58. The van der Waals surface area contributed by atoms with E-state index in [2.05, 4.69) is 131 Å². The Kier molecular flexibility index (Phi) is 4.61. The summed E-state index contributed by atoms with van der Waals surface area (Å²) < 4.78 is 5.00. The van der Waals surface area contributed by atoms with Crippen LogP contribution in [0, 0.1) is 12.3 Å². The molecule has 0 saturated carbocycles. The van der Waals surface area contributed by atoms with Gasteiger partial charge in [-0.25, -0.2) is 4.57 Å². The van der Waals surface area contributed by atoms with Gasteiger partial charge in [0.25, 0.3) is 0 Å². The molecule has 2 nitrogen and oxygen atoms in total. The van der Waals surface area contributed by atoms with Gasteiger partial charge < -0.3 is 4.40 Å². The van der Waals surface area contributed by atoms with Gasteiger partial charge in [0.05, 0.1) is 27.3 Å². The van der Waals surface area contributed by atoms with Crippen LogP contribution in [-0.4, -0.2) is 4.40 Å². The van der Waals surface area contributed by atoms with Gasteiger partial charge >= 0.3 is 0 Å². The Morgan fingerprint density at radius 3 is 2.16 bits per heavy atom. The molecule has 7 rings (SSSR count). The van der Waals surface area contributed by atoms with Crippen molar-refractivity contribution in [2.45, 2.75) is 60.3 Å². The lowest BCUT2D eigenvalue weighted by Crippen LogP contribution is -2.29. The molecule has 0 fully saturated rings. The van der Waals surface area contributed by atoms with Crippen molar-refractivity contribution in [2.24, 2.45) is 12.5 Å². The Balaban J connectivity index is 1.93. The Bertz CT molecular complexity index is 2070. The molecule has 3 aromatic heterocycles. The lowest BCUT2D eigenvalue weighted by atomic mass is 9.83. The summed E-state index contributed by atoms with van der Waals surface area (Å²) in [6.07, 6.45) is 3.25. The molecule has 2 heteroatoms.